The summed E-state index contributed by atoms with van der Waals surface area (Å²) in [6.45, 7) is 3.49. The van der Waals surface area contributed by atoms with Crippen molar-refractivity contribution in [2.24, 2.45) is 0 Å². The Morgan fingerprint density at radius 2 is 2.20 bits per heavy atom. The maximum Gasteiger partial charge on any atom is 0.224 e. The largest absolute Gasteiger partial charge is 0.399 e. The van der Waals surface area contributed by atoms with Gasteiger partial charge in [-0.2, -0.15) is 5.26 Å². The average molecular weight is 274 g/mol. The van der Waals surface area contributed by atoms with Crippen LogP contribution in [0.1, 0.15) is 24.8 Å². The Morgan fingerprint density at radius 3 is 2.90 bits per heavy atom. The van der Waals surface area contributed by atoms with E-state index in [0.29, 0.717) is 18.5 Å². The highest BCUT2D eigenvalue weighted by Crippen LogP contribution is 2.18. The van der Waals surface area contributed by atoms with Gasteiger partial charge in [-0.1, -0.05) is 6.07 Å². The predicted octanol–water partition coefficient (Wildman–Crippen LogP) is 2.14. The number of carbonyl (C=O) groups is 1. The van der Waals surface area contributed by atoms with Crippen LogP contribution in [0.3, 0.4) is 0 Å². The summed E-state index contributed by atoms with van der Waals surface area (Å²) in [5, 5.41) is 11.4. The number of nitrogens with two attached hydrogens (primary N) is 1. The van der Waals surface area contributed by atoms with Gasteiger partial charge in [0.1, 0.15) is 0 Å². The van der Waals surface area contributed by atoms with E-state index in [0.717, 1.165) is 30.8 Å². The van der Waals surface area contributed by atoms with E-state index in [1.165, 1.54) is 0 Å². The van der Waals surface area contributed by atoms with Crippen molar-refractivity contribution < 1.29 is 4.79 Å². The van der Waals surface area contributed by atoms with Gasteiger partial charge in [-0.25, -0.2) is 0 Å². The van der Waals surface area contributed by atoms with E-state index in [9.17, 15) is 4.79 Å². The van der Waals surface area contributed by atoms with Gasteiger partial charge in [-0.15, -0.1) is 0 Å². The topological polar surface area (TPSA) is 82.2 Å². The molecule has 0 bridgehead atoms. The highest BCUT2D eigenvalue weighted by atomic mass is 16.1. The first-order valence-corrected chi connectivity index (χ1v) is 6.74. The van der Waals surface area contributed by atoms with E-state index < -0.39 is 0 Å². The van der Waals surface area contributed by atoms with Gasteiger partial charge in [-0.3, -0.25) is 4.79 Å². The van der Waals surface area contributed by atoms with Crippen molar-refractivity contribution in [3.63, 3.8) is 0 Å². The van der Waals surface area contributed by atoms with Crippen LogP contribution in [-0.2, 0) is 4.79 Å². The monoisotopic (exact) mass is 274 g/mol. The summed E-state index contributed by atoms with van der Waals surface area (Å²) >= 11 is 0. The molecule has 0 spiro atoms. The average Bonchev–Trinajstić information content (AvgIpc) is 2.40. The van der Waals surface area contributed by atoms with Gasteiger partial charge in [0.15, 0.2) is 0 Å². The molecule has 0 unspecified atom stereocenters. The van der Waals surface area contributed by atoms with E-state index in [-0.39, 0.29) is 5.91 Å². The van der Waals surface area contributed by atoms with E-state index >= 15 is 0 Å². The van der Waals surface area contributed by atoms with Gasteiger partial charge in [-0.05, 0) is 44.6 Å². The van der Waals surface area contributed by atoms with E-state index in [1.54, 1.807) is 6.07 Å². The fraction of sp³-hybridized carbons (Fsp3) is 0.467. The lowest BCUT2D eigenvalue weighted by Gasteiger charge is -2.14. The molecule has 0 saturated heterocycles. The van der Waals surface area contributed by atoms with Crippen LogP contribution >= 0.6 is 0 Å². The van der Waals surface area contributed by atoms with Crippen molar-refractivity contribution in [2.75, 3.05) is 31.2 Å². The van der Waals surface area contributed by atoms with Crippen LogP contribution in [0.25, 0.3) is 0 Å². The fourth-order valence-corrected chi connectivity index (χ4v) is 1.85. The van der Waals surface area contributed by atoms with Crippen molar-refractivity contribution in [2.45, 2.75) is 26.2 Å². The second kappa shape index (κ2) is 8.18. The lowest BCUT2D eigenvalue weighted by Crippen LogP contribution is -2.22. The molecule has 3 N–H and O–H groups in total. The second-order valence-electron chi connectivity index (χ2n) is 4.94. The molecule has 0 heterocycles. The number of hydrogen-bond donors (Lipinski definition) is 2. The molecule has 1 rings (SSSR count). The zero-order valence-electron chi connectivity index (χ0n) is 12.1. The first-order chi connectivity index (χ1) is 9.52. The Morgan fingerprint density at radius 1 is 1.45 bits per heavy atom. The molecular weight excluding hydrogens is 252 g/mol. The molecule has 0 aliphatic carbocycles. The summed E-state index contributed by atoms with van der Waals surface area (Å²) in [4.78, 5) is 13.9. The van der Waals surface area contributed by atoms with E-state index in [4.69, 9.17) is 11.0 Å². The van der Waals surface area contributed by atoms with Crippen molar-refractivity contribution in [3.05, 3.63) is 23.8 Å². The van der Waals surface area contributed by atoms with Gasteiger partial charge in [0, 0.05) is 30.8 Å². The maximum atomic E-state index is 11.8. The number of nitrogens with zero attached hydrogens (tertiary/aromatic N) is 2. The van der Waals surface area contributed by atoms with Crippen molar-refractivity contribution in [3.8, 4) is 6.07 Å². The number of carbonyl (C=O) groups excluding carboxylic acids is 1. The quantitative estimate of drug-likeness (QED) is 0.746. The van der Waals surface area contributed by atoms with E-state index in [2.05, 4.69) is 16.3 Å². The Hall–Kier alpha value is -2.06. The molecule has 0 fully saturated rings. The highest BCUT2D eigenvalue weighted by molar-refractivity contribution is 5.91. The van der Waals surface area contributed by atoms with Crippen LogP contribution < -0.4 is 11.1 Å². The lowest BCUT2D eigenvalue weighted by molar-refractivity contribution is -0.116. The summed E-state index contributed by atoms with van der Waals surface area (Å²) in [5.74, 6) is -0.00705. The number of nitriles is 1. The highest BCUT2D eigenvalue weighted by Gasteiger charge is 2.06. The van der Waals surface area contributed by atoms with Gasteiger partial charge in [0.05, 0.1) is 6.07 Å². The number of nitrogen functional groups attached to an aromatic ring is 1. The Kier molecular flexibility index (Phi) is 6.54. The third-order valence-electron chi connectivity index (χ3n) is 3.08. The maximum absolute atomic E-state index is 11.8. The summed E-state index contributed by atoms with van der Waals surface area (Å²) < 4.78 is 0. The van der Waals surface area contributed by atoms with Crippen molar-refractivity contribution in [1.82, 2.24) is 4.90 Å². The van der Waals surface area contributed by atoms with Crippen LogP contribution in [0.15, 0.2) is 18.2 Å². The van der Waals surface area contributed by atoms with Gasteiger partial charge in [0.25, 0.3) is 0 Å². The minimum Gasteiger partial charge on any atom is -0.399 e. The van der Waals surface area contributed by atoms with Crippen LogP contribution in [0.5, 0.6) is 0 Å². The molecule has 1 aromatic carbocycles. The molecular formula is C15H22N4O. The van der Waals surface area contributed by atoms with Gasteiger partial charge >= 0.3 is 0 Å². The molecule has 0 radical (unpaired) electrons. The number of aryl methyl sites for hydroxylation is 1. The van der Waals surface area contributed by atoms with Crippen molar-refractivity contribution >= 4 is 17.3 Å². The molecule has 1 amide bonds. The summed E-state index contributed by atoms with van der Waals surface area (Å²) in [7, 11) is 1.96. The van der Waals surface area contributed by atoms with Gasteiger partial charge < -0.3 is 16.0 Å². The predicted molar refractivity (Wildman–Crippen MR) is 81.2 cm³/mol. The zero-order chi connectivity index (χ0) is 15.0. The number of amides is 1. The SMILES string of the molecule is Cc1ccc(N)cc1NC(=O)CCCN(C)CCC#N. The van der Waals surface area contributed by atoms with Crippen LogP contribution in [-0.4, -0.2) is 30.9 Å². The first kappa shape index (κ1) is 16.0. The molecule has 5 heteroatoms. The Labute approximate surface area is 120 Å². The van der Waals surface area contributed by atoms with Crippen molar-refractivity contribution in [1.29, 1.82) is 5.26 Å². The third-order valence-corrected chi connectivity index (χ3v) is 3.08. The molecule has 108 valence electrons. The molecule has 0 aliphatic heterocycles. The molecule has 0 aromatic heterocycles. The van der Waals surface area contributed by atoms with Gasteiger partial charge in [0.2, 0.25) is 5.91 Å². The number of benzene rings is 1. The van der Waals surface area contributed by atoms with Crippen LogP contribution in [0.4, 0.5) is 11.4 Å². The normalized spacial score (nSPS) is 10.3. The lowest BCUT2D eigenvalue weighted by atomic mass is 10.1. The smallest absolute Gasteiger partial charge is 0.224 e. The molecule has 0 saturated carbocycles. The van der Waals surface area contributed by atoms with E-state index in [1.807, 2.05) is 26.1 Å². The fourth-order valence-electron chi connectivity index (χ4n) is 1.85. The minimum absolute atomic E-state index is 0.00705. The molecule has 0 aliphatic rings. The summed E-state index contributed by atoms with van der Waals surface area (Å²) in [6.07, 6.45) is 1.76. The zero-order valence-corrected chi connectivity index (χ0v) is 12.1. The molecule has 5 nitrogen and oxygen atoms in total. The first-order valence-electron chi connectivity index (χ1n) is 6.74. The molecule has 1 aromatic rings. The number of rotatable bonds is 7. The summed E-state index contributed by atoms with van der Waals surface area (Å²) in [6, 6.07) is 7.58. The number of nitrogens with one attached hydrogen (secondary N) is 1. The Bertz CT molecular complexity index is 493. The van der Waals surface area contributed by atoms with Crippen LogP contribution in [0.2, 0.25) is 0 Å². The standard InChI is InChI=1S/C15H22N4O/c1-12-6-7-13(17)11-14(12)18-15(20)5-3-9-19(2)10-4-8-16/h6-7,11H,3-5,9-10,17H2,1-2H3,(H,18,20). The van der Waals surface area contributed by atoms with Crippen LogP contribution in [0, 0.1) is 18.3 Å². The Balaban J connectivity index is 2.34. The number of anilines is 2. The molecule has 20 heavy (non-hydrogen) atoms. The second-order valence-corrected chi connectivity index (χ2v) is 4.94. The third kappa shape index (κ3) is 5.72. The number of hydrogen-bond acceptors (Lipinski definition) is 4. The summed E-state index contributed by atoms with van der Waals surface area (Å²) in [5.41, 5.74) is 8.12. The minimum atomic E-state index is -0.00705. The molecule has 0 atom stereocenters.